The summed E-state index contributed by atoms with van der Waals surface area (Å²) >= 11 is 0. The Kier molecular flexibility index (Phi) is 6.48. The smallest absolute Gasteiger partial charge is 0.319 e. The van der Waals surface area contributed by atoms with Gasteiger partial charge in [0, 0.05) is 36.1 Å². The molecule has 2 aromatic rings. The van der Waals surface area contributed by atoms with E-state index in [9.17, 15) is 18.0 Å². The second-order valence-corrected chi connectivity index (χ2v) is 10.3. The van der Waals surface area contributed by atoms with Crippen molar-refractivity contribution in [3.63, 3.8) is 0 Å². The van der Waals surface area contributed by atoms with Crippen molar-refractivity contribution >= 4 is 33.3 Å². The lowest BCUT2D eigenvalue weighted by Gasteiger charge is -2.26. The van der Waals surface area contributed by atoms with E-state index < -0.39 is 10.0 Å². The van der Waals surface area contributed by atoms with Crippen LogP contribution in [0, 0.1) is 6.92 Å². The van der Waals surface area contributed by atoms with E-state index in [0.717, 1.165) is 32.1 Å². The van der Waals surface area contributed by atoms with E-state index in [-0.39, 0.29) is 22.9 Å². The monoisotopic (exact) mass is 456 g/mol. The van der Waals surface area contributed by atoms with Crippen LogP contribution in [0.15, 0.2) is 47.4 Å². The summed E-state index contributed by atoms with van der Waals surface area (Å²) in [7, 11) is -3.62. The molecule has 3 amide bonds. The largest absolute Gasteiger partial charge is 0.335 e. The zero-order chi connectivity index (χ0) is 22.7. The van der Waals surface area contributed by atoms with Crippen molar-refractivity contribution in [1.82, 2.24) is 9.62 Å². The third-order valence-corrected chi connectivity index (χ3v) is 7.61. The van der Waals surface area contributed by atoms with Crippen molar-refractivity contribution in [1.29, 1.82) is 0 Å². The van der Waals surface area contributed by atoms with E-state index in [2.05, 4.69) is 16.0 Å². The number of amides is 3. The summed E-state index contributed by atoms with van der Waals surface area (Å²) in [4.78, 5) is 24.8. The van der Waals surface area contributed by atoms with Crippen molar-refractivity contribution in [2.45, 2.75) is 50.0 Å². The summed E-state index contributed by atoms with van der Waals surface area (Å²) in [6, 6.07) is 11.5. The molecule has 170 valence electrons. The zero-order valence-corrected chi connectivity index (χ0v) is 18.9. The third kappa shape index (κ3) is 5.28. The van der Waals surface area contributed by atoms with Gasteiger partial charge in [-0.15, -0.1) is 0 Å². The van der Waals surface area contributed by atoms with Crippen molar-refractivity contribution in [3.05, 3.63) is 53.6 Å². The summed E-state index contributed by atoms with van der Waals surface area (Å²) < 4.78 is 27.5. The van der Waals surface area contributed by atoms with Gasteiger partial charge in [-0.05, 0) is 74.6 Å². The quantitative estimate of drug-likeness (QED) is 0.616. The fourth-order valence-corrected chi connectivity index (χ4v) is 5.22. The number of aryl methyl sites for hydroxylation is 1. The molecule has 2 aromatic carbocycles. The van der Waals surface area contributed by atoms with Gasteiger partial charge >= 0.3 is 6.03 Å². The standard InChI is InChI=1S/C23H28N4O4S/c1-16-5-12-20(32(30,31)27-13-3-2-4-14-27)15-21(16)22(28)24-17-6-8-18(9-7-17)25-23(29)26-19-10-11-19/h5-9,12,15,19H,2-4,10-11,13-14H2,1H3,(H,24,28)(H2,25,26,29). The highest BCUT2D eigenvalue weighted by atomic mass is 32.2. The molecule has 1 aliphatic heterocycles. The first-order valence-electron chi connectivity index (χ1n) is 10.9. The predicted octanol–water partition coefficient (Wildman–Crippen LogP) is 3.71. The molecule has 1 saturated carbocycles. The highest BCUT2D eigenvalue weighted by Gasteiger charge is 2.27. The maximum atomic E-state index is 13.0. The molecule has 0 unspecified atom stereocenters. The van der Waals surface area contributed by atoms with Crippen LogP contribution >= 0.6 is 0 Å². The Morgan fingerprint density at radius 2 is 1.53 bits per heavy atom. The summed E-state index contributed by atoms with van der Waals surface area (Å²) in [5, 5.41) is 8.41. The Morgan fingerprint density at radius 1 is 0.906 bits per heavy atom. The topological polar surface area (TPSA) is 108 Å². The van der Waals surface area contributed by atoms with Gasteiger partial charge in [0.05, 0.1) is 4.90 Å². The van der Waals surface area contributed by atoms with Crippen molar-refractivity contribution in [3.8, 4) is 0 Å². The number of sulfonamides is 1. The highest BCUT2D eigenvalue weighted by molar-refractivity contribution is 7.89. The molecule has 4 rings (SSSR count). The van der Waals surface area contributed by atoms with Gasteiger partial charge in [-0.1, -0.05) is 12.5 Å². The maximum absolute atomic E-state index is 13.0. The molecule has 0 radical (unpaired) electrons. The van der Waals surface area contributed by atoms with Crippen LogP contribution in [0.5, 0.6) is 0 Å². The third-order valence-electron chi connectivity index (χ3n) is 5.72. The van der Waals surface area contributed by atoms with E-state index >= 15 is 0 Å². The van der Waals surface area contributed by atoms with Crippen molar-refractivity contribution in [2.24, 2.45) is 0 Å². The van der Waals surface area contributed by atoms with E-state index in [1.54, 1.807) is 43.3 Å². The summed E-state index contributed by atoms with van der Waals surface area (Å²) in [5.74, 6) is -0.384. The van der Waals surface area contributed by atoms with Gasteiger partial charge in [-0.2, -0.15) is 4.31 Å². The van der Waals surface area contributed by atoms with Gasteiger partial charge in [0.1, 0.15) is 0 Å². The molecule has 0 atom stereocenters. The number of nitrogens with zero attached hydrogens (tertiary/aromatic N) is 1. The fourth-order valence-electron chi connectivity index (χ4n) is 3.68. The minimum absolute atomic E-state index is 0.136. The van der Waals surface area contributed by atoms with E-state index in [1.165, 1.54) is 10.4 Å². The average molecular weight is 457 g/mol. The second-order valence-electron chi connectivity index (χ2n) is 8.35. The number of nitrogens with one attached hydrogen (secondary N) is 3. The average Bonchev–Trinajstić information content (AvgIpc) is 3.59. The molecular weight excluding hydrogens is 428 g/mol. The number of rotatable bonds is 6. The van der Waals surface area contributed by atoms with Crippen LogP contribution in [0.25, 0.3) is 0 Å². The van der Waals surface area contributed by atoms with Gasteiger partial charge in [-0.3, -0.25) is 4.79 Å². The van der Waals surface area contributed by atoms with Crippen LogP contribution in [0.2, 0.25) is 0 Å². The lowest BCUT2D eigenvalue weighted by atomic mass is 10.1. The van der Waals surface area contributed by atoms with Crippen LogP contribution in [0.4, 0.5) is 16.2 Å². The number of hydrogen-bond donors (Lipinski definition) is 3. The number of carbonyl (C=O) groups is 2. The molecule has 2 fully saturated rings. The summed E-state index contributed by atoms with van der Waals surface area (Å²) in [6.07, 6.45) is 4.76. The number of anilines is 2. The summed E-state index contributed by atoms with van der Waals surface area (Å²) in [5.41, 5.74) is 2.17. The van der Waals surface area contributed by atoms with E-state index in [1.807, 2.05) is 0 Å². The Labute approximate surface area is 188 Å². The minimum atomic E-state index is -3.62. The number of piperidine rings is 1. The molecular formula is C23H28N4O4S. The number of hydrogen-bond acceptors (Lipinski definition) is 4. The fraction of sp³-hybridized carbons (Fsp3) is 0.391. The molecule has 0 aromatic heterocycles. The lowest BCUT2D eigenvalue weighted by molar-refractivity contribution is 0.102. The SMILES string of the molecule is Cc1ccc(S(=O)(=O)N2CCCCC2)cc1C(=O)Nc1ccc(NC(=O)NC2CC2)cc1. The van der Waals surface area contributed by atoms with Gasteiger partial charge in [0.15, 0.2) is 0 Å². The number of carbonyl (C=O) groups excluding carboxylic acids is 2. The molecule has 8 nitrogen and oxygen atoms in total. The molecule has 2 aliphatic rings. The Morgan fingerprint density at radius 3 is 2.16 bits per heavy atom. The highest BCUT2D eigenvalue weighted by Crippen LogP contribution is 2.24. The Balaban J connectivity index is 1.44. The molecule has 0 spiro atoms. The Hall–Kier alpha value is -2.91. The zero-order valence-electron chi connectivity index (χ0n) is 18.1. The van der Waals surface area contributed by atoms with Crippen LogP contribution in [-0.4, -0.2) is 43.8 Å². The van der Waals surface area contributed by atoms with Gasteiger partial charge in [0.2, 0.25) is 10.0 Å². The number of benzene rings is 2. The normalized spacial score (nSPS) is 16.9. The first-order valence-corrected chi connectivity index (χ1v) is 12.4. The van der Waals surface area contributed by atoms with Crippen LogP contribution < -0.4 is 16.0 Å². The molecule has 32 heavy (non-hydrogen) atoms. The van der Waals surface area contributed by atoms with Crippen LogP contribution in [0.1, 0.15) is 48.0 Å². The van der Waals surface area contributed by atoms with E-state index in [0.29, 0.717) is 35.6 Å². The van der Waals surface area contributed by atoms with Gasteiger partial charge < -0.3 is 16.0 Å². The Bertz CT molecular complexity index is 1110. The second kappa shape index (κ2) is 9.30. The van der Waals surface area contributed by atoms with Crippen LogP contribution in [0.3, 0.4) is 0 Å². The molecule has 0 bridgehead atoms. The first-order chi connectivity index (χ1) is 15.3. The van der Waals surface area contributed by atoms with Gasteiger partial charge in [-0.25, -0.2) is 13.2 Å². The van der Waals surface area contributed by atoms with Crippen LogP contribution in [-0.2, 0) is 10.0 Å². The predicted molar refractivity (Wildman–Crippen MR) is 123 cm³/mol. The maximum Gasteiger partial charge on any atom is 0.319 e. The van der Waals surface area contributed by atoms with Gasteiger partial charge in [0.25, 0.3) is 5.91 Å². The molecule has 1 aliphatic carbocycles. The first kappa shape index (κ1) is 22.3. The van der Waals surface area contributed by atoms with Crippen molar-refractivity contribution in [2.75, 3.05) is 23.7 Å². The minimum Gasteiger partial charge on any atom is -0.335 e. The molecule has 1 saturated heterocycles. The molecule has 1 heterocycles. The molecule has 3 N–H and O–H groups in total. The van der Waals surface area contributed by atoms with Crippen molar-refractivity contribution < 1.29 is 18.0 Å². The number of urea groups is 1. The lowest BCUT2D eigenvalue weighted by Crippen LogP contribution is -2.35. The molecule has 9 heteroatoms. The van der Waals surface area contributed by atoms with E-state index in [4.69, 9.17) is 0 Å². The summed E-state index contributed by atoms with van der Waals surface area (Å²) in [6.45, 7) is 2.80.